The lowest BCUT2D eigenvalue weighted by molar-refractivity contribution is 0.281. The maximum atomic E-state index is 12.6. The second-order valence-corrected chi connectivity index (χ2v) is 7.79. The van der Waals surface area contributed by atoms with E-state index in [1.54, 1.807) is 28.6 Å². The molecule has 1 saturated heterocycles. The van der Waals surface area contributed by atoms with E-state index in [9.17, 15) is 8.42 Å². The Hall–Kier alpha value is -0.780. The molecule has 2 rings (SSSR count). The molecule has 1 aromatic rings. The van der Waals surface area contributed by atoms with Crippen LogP contribution in [0.5, 0.6) is 5.75 Å². The minimum absolute atomic E-state index is 0.335. The Kier molecular flexibility index (Phi) is 5.90. The molecule has 0 spiro atoms. The van der Waals surface area contributed by atoms with Crippen LogP contribution in [0.25, 0.3) is 0 Å². The monoisotopic (exact) mass is 331 g/mol. The van der Waals surface area contributed by atoms with Crippen molar-refractivity contribution < 1.29 is 13.2 Å². The average Bonchev–Trinajstić information content (AvgIpc) is 2.48. The predicted octanol–water partition coefficient (Wildman–Crippen LogP) is 3.11. The zero-order chi connectivity index (χ0) is 15.3. The molecule has 0 bridgehead atoms. The van der Waals surface area contributed by atoms with Gasteiger partial charge in [-0.1, -0.05) is 6.92 Å². The van der Waals surface area contributed by atoms with Crippen molar-refractivity contribution in [1.82, 2.24) is 4.31 Å². The van der Waals surface area contributed by atoms with E-state index in [1.807, 2.05) is 0 Å². The smallest absolute Gasteiger partial charge is 0.243 e. The standard InChI is InChI=1S/C15H22ClNO3S/c1-13-4-2-10-17(12-13)21(18,19)15-7-5-14(6-8-15)20-11-3-9-16/h5-8,13H,2-4,9-12H2,1H3. The molecule has 6 heteroatoms. The van der Waals surface area contributed by atoms with E-state index in [0.717, 1.165) is 19.3 Å². The number of benzene rings is 1. The number of alkyl halides is 1. The van der Waals surface area contributed by atoms with Crippen LogP contribution in [0.1, 0.15) is 26.2 Å². The van der Waals surface area contributed by atoms with Crippen molar-refractivity contribution in [3.8, 4) is 5.75 Å². The van der Waals surface area contributed by atoms with Crippen molar-refractivity contribution in [1.29, 1.82) is 0 Å². The summed E-state index contributed by atoms with van der Waals surface area (Å²) < 4.78 is 32.2. The Morgan fingerprint density at radius 1 is 1.33 bits per heavy atom. The van der Waals surface area contributed by atoms with Crippen molar-refractivity contribution >= 4 is 21.6 Å². The molecule has 0 amide bonds. The number of ether oxygens (including phenoxy) is 1. The summed E-state index contributed by atoms with van der Waals surface area (Å²) in [5, 5.41) is 0. The summed E-state index contributed by atoms with van der Waals surface area (Å²) in [4.78, 5) is 0.335. The van der Waals surface area contributed by atoms with Crippen LogP contribution < -0.4 is 4.74 Å². The summed E-state index contributed by atoms with van der Waals surface area (Å²) in [6, 6.07) is 6.64. The van der Waals surface area contributed by atoms with Crippen LogP contribution in [-0.2, 0) is 10.0 Å². The van der Waals surface area contributed by atoms with Gasteiger partial charge in [0.1, 0.15) is 5.75 Å². The lowest BCUT2D eigenvalue weighted by Crippen LogP contribution is -2.39. The second-order valence-electron chi connectivity index (χ2n) is 5.47. The van der Waals surface area contributed by atoms with Crippen LogP contribution in [0.4, 0.5) is 0 Å². The first-order valence-electron chi connectivity index (χ1n) is 7.33. The van der Waals surface area contributed by atoms with Crippen LogP contribution >= 0.6 is 11.6 Å². The number of sulfonamides is 1. The Balaban J connectivity index is 2.06. The van der Waals surface area contributed by atoms with Crippen molar-refractivity contribution in [2.24, 2.45) is 5.92 Å². The van der Waals surface area contributed by atoms with E-state index in [0.29, 0.717) is 42.1 Å². The molecule has 0 saturated carbocycles. The SMILES string of the molecule is CC1CCCN(S(=O)(=O)c2ccc(OCCCCl)cc2)C1. The average molecular weight is 332 g/mol. The summed E-state index contributed by atoms with van der Waals surface area (Å²) >= 11 is 5.59. The fourth-order valence-corrected chi connectivity index (χ4v) is 4.17. The maximum absolute atomic E-state index is 12.6. The van der Waals surface area contributed by atoms with Gasteiger partial charge in [0.15, 0.2) is 0 Å². The maximum Gasteiger partial charge on any atom is 0.243 e. The van der Waals surface area contributed by atoms with Gasteiger partial charge in [0.25, 0.3) is 0 Å². The summed E-state index contributed by atoms with van der Waals surface area (Å²) in [5.41, 5.74) is 0. The molecular formula is C15H22ClNO3S. The fourth-order valence-electron chi connectivity index (χ4n) is 2.47. The quantitative estimate of drug-likeness (QED) is 0.594. The van der Waals surface area contributed by atoms with Gasteiger partial charge < -0.3 is 4.74 Å². The van der Waals surface area contributed by atoms with Crippen molar-refractivity contribution in [2.75, 3.05) is 25.6 Å². The zero-order valence-electron chi connectivity index (χ0n) is 12.3. The van der Waals surface area contributed by atoms with E-state index < -0.39 is 10.0 Å². The Labute approximate surface area is 132 Å². The van der Waals surface area contributed by atoms with Crippen LogP contribution in [-0.4, -0.2) is 38.3 Å². The number of piperidine rings is 1. The highest BCUT2D eigenvalue weighted by atomic mass is 35.5. The van der Waals surface area contributed by atoms with Gasteiger partial charge in [0.05, 0.1) is 11.5 Å². The van der Waals surface area contributed by atoms with E-state index in [1.165, 1.54) is 0 Å². The largest absolute Gasteiger partial charge is 0.494 e. The first kappa shape index (κ1) is 16.6. The Morgan fingerprint density at radius 2 is 2.05 bits per heavy atom. The molecule has 21 heavy (non-hydrogen) atoms. The van der Waals surface area contributed by atoms with E-state index >= 15 is 0 Å². The lowest BCUT2D eigenvalue weighted by atomic mass is 10.0. The molecule has 1 unspecified atom stereocenters. The Bertz CT molecular complexity index is 545. The van der Waals surface area contributed by atoms with Crippen LogP contribution in [0.2, 0.25) is 0 Å². The van der Waals surface area contributed by atoms with E-state index in [2.05, 4.69) is 6.92 Å². The number of nitrogens with zero attached hydrogens (tertiary/aromatic N) is 1. The molecule has 1 heterocycles. The molecule has 0 N–H and O–H groups in total. The molecule has 1 aliphatic rings. The fraction of sp³-hybridized carbons (Fsp3) is 0.600. The highest BCUT2D eigenvalue weighted by molar-refractivity contribution is 7.89. The van der Waals surface area contributed by atoms with Crippen LogP contribution in [0.15, 0.2) is 29.2 Å². The van der Waals surface area contributed by atoms with E-state index in [-0.39, 0.29) is 0 Å². The van der Waals surface area contributed by atoms with Crippen molar-refractivity contribution in [3.63, 3.8) is 0 Å². The third kappa shape index (κ3) is 4.34. The summed E-state index contributed by atoms with van der Waals surface area (Å²) in [6.07, 6.45) is 2.80. The molecule has 1 aromatic carbocycles. The third-order valence-electron chi connectivity index (χ3n) is 3.63. The zero-order valence-corrected chi connectivity index (χ0v) is 13.9. The first-order chi connectivity index (χ1) is 10.0. The van der Waals surface area contributed by atoms with Crippen LogP contribution in [0, 0.1) is 5.92 Å². The van der Waals surface area contributed by atoms with Gasteiger partial charge >= 0.3 is 0 Å². The molecule has 1 atom stereocenters. The normalized spacial score (nSPS) is 20.4. The van der Waals surface area contributed by atoms with Gasteiger partial charge in [0, 0.05) is 19.0 Å². The first-order valence-corrected chi connectivity index (χ1v) is 9.30. The van der Waals surface area contributed by atoms with Crippen molar-refractivity contribution in [3.05, 3.63) is 24.3 Å². The van der Waals surface area contributed by atoms with E-state index in [4.69, 9.17) is 16.3 Å². The minimum Gasteiger partial charge on any atom is -0.494 e. The molecular weight excluding hydrogens is 310 g/mol. The van der Waals surface area contributed by atoms with Crippen molar-refractivity contribution in [2.45, 2.75) is 31.1 Å². The second kappa shape index (κ2) is 7.47. The molecule has 0 aliphatic carbocycles. The molecule has 4 nitrogen and oxygen atoms in total. The van der Waals surface area contributed by atoms with Gasteiger partial charge in [-0.05, 0) is 49.4 Å². The van der Waals surface area contributed by atoms with Gasteiger partial charge in [-0.15, -0.1) is 11.6 Å². The Morgan fingerprint density at radius 3 is 2.67 bits per heavy atom. The molecule has 0 radical (unpaired) electrons. The van der Waals surface area contributed by atoms with Gasteiger partial charge in [0.2, 0.25) is 10.0 Å². The predicted molar refractivity (Wildman–Crippen MR) is 84.4 cm³/mol. The van der Waals surface area contributed by atoms with Gasteiger partial charge in [-0.25, -0.2) is 8.42 Å². The van der Waals surface area contributed by atoms with Crippen LogP contribution in [0.3, 0.4) is 0 Å². The molecule has 0 aromatic heterocycles. The summed E-state index contributed by atoms with van der Waals surface area (Å²) in [5.74, 6) is 1.65. The summed E-state index contributed by atoms with van der Waals surface area (Å²) in [7, 11) is -3.38. The number of rotatable bonds is 6. The highest BCUT2D eigenvalue weighted by Gasteiger charge is 2.28. The molecule has 1 fully saturated rings. The third-order valence-corrected chi connectivity index (χ3v) is 5.77. The number of hydrogen-bond acceptors (Lipinski definition) is 3. The van der Waals surface area contributed by atoms with Gasteiger partial charge in [-0.3, -0.25) is 0 Å². The molecule has 1 aliphatic heterocycles. The summed E-state index contributed by atoms with van der Waals surface area (Å²) in [6.45, 7) is 3.85. The molecule has 118 valence electrons. The van der Waals surface area contributed by atoms with Gasteiger partial charge in [-0.2, -0.15) is 4.31 Å². The topological polar surface area (TPSA) is 46.6 Å². The highest BCUT2D eigenvalue weighted by Crippen LogP contribution is 2.24. The minimum atomic E-state index is -3.38. The number of halogens is 1. The lowest BCUT2D eigenvalue weighted by Gasteiger charge is -2.30. The number of hydrogen-bond donors (Lipinski definition) is 0.